The smallest absolute Gasteiger partial charge is 0.255 e. The van der Waals surface area contributed by atoms with Crippen molar-refractivity contribution in [2.24, 2.45) is 5.73 Å². The van der Waals surface area contributed by atoms with Crippen LogP contribution >= 0.6 is 11.6 Å². The van der Waals surface area contributed by atoms with Gasteiger partial charge in [0.05, 0.1) is 0 Å². The number of carbonyl (C=O) groups is 1. The Bertz CT molecular complexity index is 632. The number of halogens is 2. The first-order valence-corrected chi connectivity index (χ1v) is 6.61. The van der Waals surface area contributed by atoms with E-state index >= 15 is 0 Å². The molecule has 0 unspecified atom stereocenters. The lowest BCUT2D eigenvalue weighted by Crippen LogP contribution is -2.19. The van der Waals surface area contributed by atoms with E-state index in [0.29, 0.717) is 22.9 Å². The van der Waals surface area contributed by atoms with Crippen LogP contribution in [0.1, 0.15) is 5.56 Å². The number of nitrogens with one attached hydrogen (secondary N) is 1. The number of anilines is 1. The van der Waals surface area contributed by atoms with E-state index in [-0.39, 0.29) is 12.4 Å². The Morgan fingerprint density at radius 2 is 1.95 bits per heavy atom. The van der Waals surface area contributed by atoms with Gasteiger partial charge in [0.25, 0.3) is 5.91 Å². The molecule has 4 nitrogen and oxygen atoms in total. The molecule has 2 aromatic carbocycles. The maximum Gasteiger partial charge on any atom is 0.255 e. The minimum atomic E-state index is -0.532. The fourth-order valence-electron chi connectivity index (χ4n) is 1.69. The van der Waals surface area contributed by atoms with Gasteiger partial charge in [0, 0.05) is 22.8 Å². The predicted octanol–water partition coefficient (Wildman–Crippen LogP) is 2.96. The fourth-order valence-corrected chi connectivity index (χ4v) is 1.84. The molecule has 0 atom stereocenters. The summed E-state index contributed by atoms with van der Waals surface area (Å²) in [4.78, 5) is 10.6. The van der Waals surface area contributed by atoms with Crippen molar-refractivity contribution in [3.05, 3.63) is 58.9 Å². The molecular weight excluding hydrogens is 295 g/mol. The van der Waals surface area contributed by atoms with Crippen LogP contribution in [0.4, 0.5) is 10.1 Å². The molecule has 2 aromatic rings. The number of hydrogen-bond acceptors (Lipinski definition) is 3. The Hall–Kier alpha value is -2.27. The van der Waals surface area contributed by atoms with E-state index in [4.69, 9.17) is 22.1 Å². The molecule has 6 heteroatoms. The minimum Gasteiger partial charge on any atom is -0.484 e. The van der Waals surface area contributed by atoms with E-state index in [1.54, 1.807) is 36.4 Å². The van der Waals surface area contributed by atoms with Gasteiger partial charge in [-0.25, -0.2) is 4.39 Å². The molecule has 0 radical (unpaired) electrons. The van der Waals surface area contributed by atoms with Crippen molar-refractivity contribution >= 4 is 23.2 Å². The van der Waals surface area contributed by atoms with Crippen LogP contribution in [0.2, 0.25) is 5.02 Å². The Morgan fingerprint density at radius 1 is 1.24 bits per heavy atom. The van der Waals surface area contributed by atoms with Gasteiger partial charge < -0.3 is 15.8 Å². The van der Waals surface area contributed by atoms with E-state index in [9.17, 15) is 9.18 Å². The van der Waals surface area contributed by atoms with E-state index in [1.807, 2.05) is 0 Å². The molecule has 0 fully saturated rings. The van der Waals surface area contributed by atoms with Gasteiger partial charge in [-0.1, -0.05) is 17.7 Å². The van der Waals surface area contributed by atoms with Crippen LogP contribution in [0.3, 0.4) is 0 Å². The van der Waals surface area contributed by atoms with Gasteiger partial charge in [0.15, 0.2) is 6.61 Å². The van der Waals surface area contributed by atoms with E-state index < -0.39 is 5.91 Å². The van der Waals surface area contributed by atoms with Crippen LogP contribution in [0.25, 0.3) is 0 Å². The van der Waals surface area contributed by atoms with Crippen molar-refractivity contribution in [2.75, 3.05) is 11.9 Å². The summed E-state index contributed by atoms with van der Waals surface area (Å²) in [5.41, 5.74) is 6.31. The van der Waals surface area contributed by atoms with Gasteiger partial charge in [-0.2, -0.15) is 0 Å². The number of hydrogen-bond donors (Lipinski definition) is 2. The van der Waals surface area contributed by atoms with Crippen molar-refractivity contribution in [2.45, 2.75) is 6.54 Å². The molecule has 0 saturated heterocycles. The molecule has 1 amide bonds. The standard InChI is InChI=1S/C15H14ClFN2O2/c16-11-2-1-10(14(17)7-11)8-19-12-3-5-13(6-4-12)21-9-15(18)20/h1-7,19H,8-9H2,(H2,18,20). The quantitative estimate of drug-likeness (QED) is 0.862. The number of nitrogens with two attached hydrogens (primary N) is 1. The van der Waals surface area contributed by atoms with Crippen molar-refractivity contribution in [1.82, 2.24) is 0 Å². The molecule has 110 valence electrons. The van der Waals surface area contributed by atoms with Crippen LogP contribution in [-0.2, 0) is 11.3 Å². The summed E-state index contributed by atoms with van der Waals surface area (Å²) < 4.78 is 18.7. The summed E-state index contributed by atoms with van der Waals surface area (Å²) in [7, 11) is 0. The molecule has 0 aliphatic rings. The first-order chi connectivity index (χ1) is 10.0. The maximum absolute atomic E-state index is 13.6. The third-order valence-corrected chi connectivity index (χ3v) is 2.97. The second-order valence-corrected chi connectivity index (χ2v) is 4.81. The fraction of sp³-hybridized carbons (Fsp3) is 0.133. The molecule has 21 heavy (non-hydrogen) atoms. The molecule has 0 aliphatic carbocycles. The monoisotopic (exact) mass is 308 g/mol. The third-order valence-electron chi connectivity index (χ3n) is 2.73. The van der Waals surface area contributed by atoms with Crippen LogP contribution in [0, 0.1) is 5.82 Å². The molecule has 0 bridgehead atoms. The van der Waals surface area contributed by atoms with Gasteiger partial charge in [-0.05, 0) is 36.4 Å². The van der Waals surface area contributed by atoms with Crippen LogP contribution in [-0.4, -0.2) is 12.5 Å². The van der Waals surface area contributed by atoms with Crippen molar-refractivity contribution in [1.29, 1.82) is 0 Å². The number of rotatable bonds is 6. The lowest BCUT2D eigenvalue weighted by atomic mass is 10.2. The Morgan fingerprint density at radius 3 is 2.57 bits per heavy atom. The molecule has 0 heterocycles. The number of ether oxygens (including phenoxy) is 1. The largest absolute Gasteiger partial charge is 0.484 e. The SMILES string of the molecule is NC(=O)COc1ccc(NCc2ccc(Cl)cc2F)cc1. The summed E-state index contributed by atoms with van der Waals surface area (Å²) in [6.45, 7) is 0.174. The highest BCUT2D eigenvalue weighted by molar-refractivity contribution is 6.30. The zero-order chi connectivity index (χ0) is 15.2. The molecule has 0 aromatic heterocycles. The summed E-state index contributed by atoms with van der Waals surface area (Å²) in [6, 6.07) is 11.5. The lowest BCUT2D eigenvalue weighted by Gasteiger charge is -2.09. The zero-order valence-corrected chi connectivity index (χ0v) is 11.9. The average Bonchev–Trinajstić information content (AvgIpc) is 2.45. The Labute approximate surface area is 126 Å². The highest BCUT2D eigenvalue weighted by atomic mass is 35.5. The summed E-state index contributed by atoms with van der Waals surface area (Å²) in [5.74, 6) is -0.344. The first kappa shape index (κ1) is 15.1. The normalized spacial score (nSPS) is 10.2. The molecule has 0 saturated carbocycles. The van der Waals surface area contributed by atoms with Crippen LogP contribution in [0.15, 0.2) is 42.5 Å². The molecule has 3 N–H and O–H groups in total. The summed E-state index contributed by atoms with van der Waals surface area (Å²) >= 11 is 5.70. The minimum absolute atomic E-state index is 0.164. The first-order valence-electron chi connectivity index (χ1n) is 6.23. The zero-order valence-electron chi connectivity index (χ0n) is 11.1. The van der Waals surface area contributed by atoms with Crippen LogP contribution in [0.5, 0.6) is 5.75 Å². The number of amides is 1. The number of carbonyl (C=O) groups excluding carboxylic acids is 1. The topological polar surface area (TPSA) is 64.4 Å². The summed E-state index contributed by atoms with van der Waals surface area (Å²) in [5, 5.41) is 3.45. The molecule has 0 spiro atoms. The van der Waals surface area contributed by atoms with Gasteiger partial charge in [0.1, 0.15) is 11.6 Å². The lowest BCUT2D eigenvalue weighted by molar-refractivity contribution is -0.119. The van der Waals surface area contributed by atoms with Crippen LogP contribution < -0.4 is 15.8 Å². The maximum atomic E-state index is 13.6. The van der Waals surface area contributed by atoms with Gasteiger partial charge in [-0.3, -0.25) is 4.79 Å². The van der Waals surface area contributed by atoms with E-state index in [1.165, 1.54) is 6.07 Å². The highest BCUT2D eigenvalue weighted by Crippen LogP contribution is 2.18. The van der Waals surface area contributed by atoms with Crippen molar-refractivity contribution < 1.29 is 13.9 Å². The predicted molar refractivity (Wildman–Crippen MR) is 79.9 cm³/mol. The third kappa shape index (κ3) is 4.65. The summed E-state index contributed by atoms with van der Waals surface area (Å²) in [6.07, 6.45) is 0. The van der Waals surface area contributed by atoms with E-state index in [2.05, 4.69) is 5.32 Å². The number of benzene rings is 2. The van der Waals surface area contributed by atoms with Gasteiger partial charge in [-0.15, -0.1) is 0 Å². The van der Waals surface area contributed by atoms with Crippen molar-refractivity contribution in [3.8, 4) is 5.75 Å². The van der Waals surface area contributed by atoms with Gasteiger partial charge >= 0.3 is 0 Å². The highest BCUT2D eigenvalue weighted by Gasteiger charge is 2.03. The van der Waals surface area contributed by atoms with Crippen molar-refractivity contribution in [3.63, 3.8) is 0 Å². The van der Waals surface area contributed by atoms with Gasteiger partial charge in [0.2, 0.25) is 0 Å². The molecule has 0 aliphatic heterocycles. The number of primary amides is 1. The second kappa shape index (κ2) is 6.95. The Balaban J connectivity index is 1.92. The molecule has 2 rings (SSSR count). The van der Waals surface area contributed by atoms with E-state index in [0.717, 1.165) is 5.69 Å². The average molecular weight is 309 g/mol. The Kier molecular flexibility index (Phi) is 5.00. The molecular formula is C15H14ClFN2O2. The second-order valence-electron chi connectivity index (χ2n) is 4.37.